The molecule has 0 saturated carbocycles. The molecule has 15 N–H and O–H groups in total. The van der Waals surface area contributed by atoms with E-state index in [9.17, 15) is 73.2 Å². The number of aromatic hydroxyl groups is 1. The van der Waals surface area contributed by atoms with Crippen LogP contribution in [0.2, 0.25) is 0 Å². The molecule has 9 atom stereocenters. The summed E-state index contributed by atoms with van der Waals surface area (Å²) in [6, 6.07) is -6.82. The van der Waals surface area contributed by atoms with Gasteiger partial charge in [0.15, 0.2) is 0 Å². The van der Waals surface area contributed by atoms with E-state index in [4.69, 9.17) is 5.73 Å². The Morgan fingerprint density at radius 1 is 0.620 bits per heavy atom. The van der Waals surface area contributed by atoms with Gasteiger partial charge >= 0.3 is 11.9 Å². The Balaban J connectivity index is 3.28. The van der Waals surface area contributed by atoms with Crippen molar-refractivity contribution in [2.24, 2.45) is 17.6 Å². The summed E-state index contributed by atoms with van der Waals surface area (Å²) in [5.41, 5.74) is 6.07. The Labute approximate surface area is 426 Å². The number of rotatable bonds is 32. The number of thioether (sulfide) groups is 1. The molecular formula is C43H68N10O15S3. The predicted molar refractivity (Wildman–Crippen MR) is 266 cm³/mol. The summed E-state index contributed by atoms with van der Waals surface area (Å²) < 4.78 is 0. The van der Waals surface area contributed by atoms with Gasteiger partial charge in [-0.05, 0) is 61.3 Å². The first-order chi connectivity index (χ1) is 33.3. The molecule has 71 heavy (non-hydrogen) atoms. The first kappa shape index (κ1) is 63.2. The number of carbonyl (C=O) groups excluding carboxylic acids is 9. The first-order valence-corrected chi connectivity index (χ1v) is 24.9. The normalized spacial score (nSPS) is 14.9. The van der Waals surface area contributed by atoms with Crippen molar-refractivity contribution in [1.82, 2.24) is 47.9 Å². The van der Waals surface area contributed by atoms with Crippen LogP contribution in [0, 0.1) is 11.8 Å². The Bertz CT molecular complexity index is 2020. The van der Waals surface area contributed by atoms with Crippen molar-refractivity contribution in [2.75, 3.05) is 36.7 Å². The highest BCUT2D eigenvalue weighted by Gasteiger charge is 2.34. The Hall–Kier alpha value is -5.84. The molecule has 0 radical (unpaired) electrons. The fourth-order valence-electron chi connectivity index (χ4n) is 6.21. The molecule has 0 unspecified atom stereocenters. The second-order valence-corrected chi connectivity index (χ2v) is 18.7. The van der Waals surface area contributed by atoms with Crippen LogP contribution >= 0.6 is 37.0 Å². The van der Waals surface area contributed by atoms with Gasteiger partial charge in [0.25, 0.3) is 0 Å². The third kappa shape index (κ3) is 23.3. The maximum atomic E-state index is 14.1. The van der Waals surface area contributed by atoms with Crippen molar-refractivity contribution in [3.8, 4) is 5.75 Å². The fourth-order valence-corrected chi connectivity index (χ4v) is 7.10. The minimum Gasteiger partial charge on any atom is -0.508 e. The third-order valence-corrected chi connectivity index (χ3v) is 11.6. The number of thiol groups is 2. The third-order valence-electron chi connectivity index (χ3n) is 10.2. The lowest BCUT2D eigenvalue weighted by Gasteiger charge is -2.27. The van der Waals surface area contributed by atoms with Gasteiger partial charge < -0.3 is 74.0 Å². The predicted octanol–water partition coefficient (Wildman–Crippen LogP) is -3.86. The van der Waals surface area contributed by atoms with E-state index in [-0.39, 0.29) is 42.4 Å². The van der Waals surface area contributed by atoms with Crippen LogP contribution in [0.3, 0.4) is 0 Å². The Kier molecular flexibility index (Phi) is 28.6. The highest BCUT2D eigenvalue weighted by Crippen LogP contribution is 2.14. The van der Waals surface area contributed by atoms with Gasteiger partial charge in [0.2, 0.25) is 53.2 Å². The lowest BCUT2D eigenvalue weighted by molar-refractivity contribution is -0.143. The zero-order valence-electron chi connectivity index (χ0n) is 40.2. The van der Waals surface area contributed by atoms with Crippen molar-refractivity contribution in [1.29, 1.82) is 0 Å². The smallest absolute Gasteiger partial charge is 0.327 e. The van der Waals surface area contributed by atoms with Gasteiger partial charge in [0.05, 0.1) is 25.6 Å². The van der Waals surface area contributed by atoms with Crippen molar-refractivity contribution in [2.45, 2.75) is 115 Å². The van der Waals surface area contributed by atoms with E-state index >= 15 is 0 Å². The molecule has 398 valence electrons. The summed E-state index contributed by atoms with van der Waals surface area (Å²) >= 11 is 9.17. The van der Waals surface area contributed by atoms with E-state index in [2.05, 4.69) is 73.1 Å². The standard InChI is InChI=1S/C43H68N10O15S3/c1-20(2)13-27(38(62)52-31(19-70)43(67)68)49-39(63)29(15-33(57)58)47-32(56)16-45-42(66)34(21(3)4)53-40(64)28(14-23-7-9-24(55)10-8-23)50-37(61)26(11-12-71-6)48-35(59)22(5)46-41(65)30(17-54)51-36(60)25(44)18-69/h7-10,20-22,25-31,34,54-55,69-70H,11-19,44H2,1-6H3,(H,45,66)(H,46,65)(H,47,56)(H,48,59)(H,49,63)(H,50,61)(H,51,60)(H,52,62)(H,53,64)(H,57,58)(H,67,68)/t22-,25-,26-,27-,28-,29-,30-,31-,34-/m0/s1. The highest BCUT2D eigenvalue weighted by molar-refractivity contribution is 7.98. The average molecular weight is 1060 g/mol. The fraction of sp³-hybridized carbons (Fsp3) is 0.605. The highest BCUT2D eigenvalue weighted by atomic mass is 32.2. The van der Waals surface area contributed by atoms with Gasteiger partial charge in [0, 0.05) is 17.9 Å². The lowest BCUT2D eigenvalue weighted by atomic mass is 10.0. The number of aliphatic carboxylic acids is 2. The molecule has 0 aromatic heterocycles. The van der Waals surface area contributed by atoms with Crippen molar-refractivity contribution >= 4 is 102 Å². The lowest BCUT2D eigenvalue weighted by Crippen LogP contribution is -2.60. The minimum atomic E-state index is -1.77. The molecule has 0 heterocycles. The molecule has 0 fully saturated rings. The molecule has 1 aromatic rings. The summed E-state index contributed by atoms with van der Waals surface area (Å²) in [6.07, 6.45) is 0.632. The van der Waals surface area contributed by atoms with Crippen LogP contribution in [0.15, 0.2) is 24.3 Å². The van der Waals surface area contributed by atoms with Gasteiger partial charge in [-0.1, -0.05) is 39.8 Å². The second-order valence-electron chi connectivity index (χ2n) is 17.0. The van der Waals surface area contributed by atoms with Gasteiger partial charge in [-0.3, -0.25) is 47.9 Å². The quantitative estimate of drug-likeness (QED) is 0.0307. The van der Waals surface area contributed by atoms with E-state index in [1.54, 1.807) is 34.0 Å². The van der Waals surface area contributed by atoms with Gasteiger partial charge in [-0.15, -0.1) is 0 Å². The van der Waals surface area contributed by atoms with Gasteiger partial charge in [-0.25, -0.2) is 4.79 Å². The number of carboxylic acid groups (broad SMARTS) is 2. The number of aliphatic hydroxyl groups excluding tert-OH is 1. The summed E-state index contributed by atoms with van der Waals surface area (Å²) in [5, 5.41) is 59.9. The van der Waals surface area contributed by atoms with E-state index in [1.807, 2.05) is 0 Å². The first-order valence-electron chi connectivity index (χ1n) is 22.3. The maximum Gasteiger partial charge on any atom is 0.327 e. The molecule has 1 rings (SSSR count). The van der Waals surface area contributed by atoms with Crippen LogP contribution in [0.25, 0.3) is 0 Å². The topological polar surface area (TPSA) is 403 Å². The summed E-state index contributed by atoms with van der Waals surface area (Å²) in [5.74, 6) is -12.1. The molecule has 28 heteroatoms. The van der Waals surface area contributed by atoms with Crippen molar-refractivity contribution in [3.63, 3.8) is 0 Å². The molecule has 0 aliphatic carbocycles. The van der Waals surface area contributed by atoms with Crippen LogP contribution in [0.5, 0.6) is 5.75 Å². The van der Waals surface area contributed by atoms with Crippen molar-refractivity contribution < 1.29 is 73.2 Å². The maximum absolute atomic E-state index is 14.1. The van der Waals surface area contributed by atoms with E-state index in [0.29, 0.717) is 11.3 Å². The number of phenols is 1. The number of aliphatic hydroxyl groups is 1. The number of carboxylic acids is 2. The number of nitrogens with one attached hydrogen (secondary N) is 9. The average Bonchev–Trinajstić information content (AvgIpc) is 3.30. The number of phenolic OH excluding ortho intramolecular Hbond substituents is 1. The SMILES string of the molecule is CSCC[C@H](NC(=O)[C@H](C)NC(=O)[C@H](CO)NC(=O)[C@@H](N)CS)C(=O)N[C@@H](Cc1ccc(O)cc1)C(=O)N[C@H](C(=O)NCC(=O)N[C@@H](CC(=O)O)C(=O)N[C@@H](CC(C)C)C(=O)N[C@@H](CS)C(=O)O)C(C)C. The minimum absolute atomic E-state index is 0.00279. The molecule has 0 aliphatic rings. The number of nitrogens with two attached hydrogens (primary N) is 1. The summed E-state index contributed by atoms with van der Waals surface area (Å²) in [4.78, 5) is 143. The number of carbonyl (C=O) groups is 11. The number of benzene rings is 1. The summed E-state index contributed by atoms with van der Waals surface area (Å²) in [6.45, 7) is 6.17. The van der Waals surface area contributed by atoms with E-state index in [1.165, 1.54) is 43.0 Å². The molecule has 0 saturated heterocycles. The Morgan fingerprint density at radius 3 is 1.66 bits per heavy atom. The molecule has 25 nitrogen and oxygen atoms in total. The monoisotopic (exact) mass is 1060 g/mol. The van der Waals surface area contributed by atoms with Crippen LogP contribution in [0.4, 0.5) is 0 Å². The molecule has 0 spiro atoms. The molecule has 0 bridgehead atoms. The molecule has 9 amide bonds. The largest absolute Gasteiger partial charge is 0.508 e. The summed E-state index contributed by atoms with van der Waals surface area (Å²) in [7, 11) is 0. The number of hydrogen-bond acceptors (Lipinski definition) is 17. The molecular weight excluding hydrogens is 993 g/mol. The molecule has 0 aliphatic heterocycles. The molecule has 1 aromatic carbocycles. The van der Waals surface area contributed by atoms with Crippen LogP contribution in [-0.4, -0.2) is 177 Å². The van der Waals surface area contributed by atoms with Crippen LogP contribution in [-0.2, 0) is 59.2 Å². The van der Waals surface area contributed by atoms with E-state index < -0.39 is 145 Å². The zero-order valence-corrected chi connectivity index (χ0v) is 42.8. The van der Waals surface area contributed by atoms with Gasteiger partial charge in [-0.2, -0.15) is 37.0 Å². The van der Waals surface area contributed by atoms with Crippen LogP contribution < -0.4 is 53.6 Å². The van der Waals surface area contributed by atoms with E-state index in [0.717, 1.165) is 0 Å². The number of hydrogen-bond donors (Lipinski definition) is 16. The zero-order chi connectivity index (χ0) is 54.1. The van der Waals surface area contributed by atoms with Gasteiger partial charge in [0.1, 0.15) is 54.1 Å². The van der Waals surface area contributed by atoms with Crippen LogP contribution in [0.1, 0.15) is 59.4 Å². The Morgan fingerprint density at radius 2 is 1.14 bits per heavy atom. The number of amides is 9. The van der Waals surface area contributed by atoms with Crippen molar-refractivity contribution in [3.05, 3.63) is 29.8 Å². The second kappa shape index (κ2) is 32.2.